The maximum Gasteiger partial charge on any atom is 0.191 e. The highest BCUT2D eigenvalue weighted by atomic mass is 16.5. The van der Waals surface area contributed by atoms with Gasteiger partial charge in [0.05, 0.1) is 13.2 Å². The predicted molar refractivity (Wildman–Crippen MR) is 114 cm³/mol. The number of aliphatic imine (C=N–C) groups is 1. The molecule has 0 amide bonds. The highest BCUT2D eigenvalue weighted by Crippen LogP contribution is 2.15. The van der Waals surface area contributed by atoms with E-state index in [1.165, 1.54) is 38.0 Å². The summed E-state index contributed by atoms with van der Waals surface area (Å²) in [5, 5.41) is 6.90. The van der Waals surface area contributed by atoms with Crippen molar-refractivity contribution in [1.29, 1.82) is 0 Å². The van der Waals surface area contributed by atoms with Crippen LogP contribution in [-0.2, 0) is 11.3 Å². The van der Waals surface area contributed by atoms with E-state index in [2.05, 4.69) is 48.4 Å². The van der Waals surface area contributed by atoms with Crippen molar-refractivity contribution in [2.75, 3.05) is 45.9 Å². The van der Waals surface area contributed by atoms with Crippen LogP contribution in [0.25, 0.3) is 0 Å². The van der Waals surface area contributed by atoms with Crippen molar-refractivity contribution >= 4 is 5.96 Å². The van der Waals surface area contributed by atoms with Crippen molar-refractivity contribution in [2.45, 2.75) is 40.2 Å². The van der Waals surface area contributed by atoms with Gasteiger partial charge in [-0.05, 0) is 50.3 Å². The van der Waals surface area contributed by atoms with Gasteiger partial charge in [0.15, 0.2) is 5.96 Å². The van der Waals surface area contributed by atoms with E-state index >= 15 is 0 Å². The summed E-state index contributed by atoms with van der Waals surface area (Å²) >= 11 is 0. The van der Waals surface area contributed by atoms with Gasteiger partial charge in [0, 0.05) is 26.2 Å². The molecule has 5 nitrogen and oxygen atoms in total. The molecule has 1 saturated heterocycles. The van der Waals surface area contributed by atoms with Crippen LogP contribution in [-0.4, -0.2) is 56.7 Å². The molecule has 27 heavy (non-hydrogen) atoms. The second-order valence-corrected chi connectivity index (χ2v) is 7.66. The van der Waals surface area contributed by atoms with Gasteiger partial charge in [-0.25, -0.2) is 0 Å². The SMILES string of the molecule is CCCN1CCC(CNC(=NCC(C)COCc2ccccc2)NCC)C1. The molecule has 0 bridgehead atoms. The van der Waals surface area contributed by atoms with Crippen molar-refractivity contribution < 1.29 is 4.74 Å². The fourth-order valence-electron chi connectivity index (χ4n) is 3.43. The molecule has 152 valence electrons. The largest absolute Gasteiger partial charge is 0.376 e. The number of hydrogen-bond donors (Lipinski definition) is 2. The number of nitrogens with zero attached hydrogens (tertiary/aromatic N) is 2. The molecule has 2 atom stereocenters. The summed E-state index contributed by atoms with van der Waals surface area (Å²) in [6, 6.07) is 10.3. The molecule has 2 rings (SSSR count). The van der Waals surface area contributed by atoms with Crippen LogP contribution in [0.3, 0.4) is 0 Å². The summed E-state index contributed by atoms with van der Waals surface area (Å²) in [5.41, 5.74) is 1.22. The molecule has 5 heteroatoms. The number of benzene rings is 1. The second-order valence-electron chi connectivity index (χ2n) is 7.66. The highest BCUT2D eigenvalue weighted by molar-refractivity contribution is 5.79. The van der Waals surface area contributed by atoms with E-state index in [1.807, 2.05) is 18.2 Å². The monoisotopic (exact) mass is 374 g/mol. The van der Waals surface area contributed by atoms with Gasteiger partial charge < -0.3 is 20.3 Å². The third-order valence-corrected chi connectivity index (χ3v) is 4.89. The first-order chi connectivity index (χ1) is 13.2. The van der Waals surface area contributed by atoms with Gasteiger partial charge in [-0.3, -0.25) is 4.99 Å². The third kappa shape index (κ3) is 8.76. The molecule has 1 heterocycles. The van der Waals surface area contributed by atoms with E-state index in [4.69, 9.17) is 9.73 Å². The zero-order valence-corrected chi connectivity index (χ0v) is 17.4. The summed E-state index contributed by atoms with van der Waals surface area (Å²) in [5.74, 6) is 2.06. The third-order valence-electron chi connectivity index (χ3n) is 4.89. The minimum absolute atomic E-state index is 0.399. The predicted octanol–water partition coefficient (Wildman–Crippen LogP) is 3.13. The van der Waals surface area contributed by atoms with E-state index in [9.17, 15) is 0 Å². The molecule has 0 radical (unpaired) electrons. The summed E-state index contributed by atoms with van der Waals surface area (Å²) in [6.45, 7) is 14.3. The Kier molecular flexibility index (Phi) is 10.2. The molecule has 1 aromatic rings. The lowest BCUT2D eigenvalue weighted by Crippen LogP contribution is -2.40. The smallest absolute Gasteiger partial charge is 0.191 e. The van der Waals surface area contributed by atoms with Crippen LogP contribution in [0.15, 0.2) is 35.3 Å². The Morgan fingerprint density at radius 2 is 2.07 bits per heavy atom. The number of guanidine groups is 1. The Balaban J connectivity index is 1.67. The summed E-state index contributed by atoms with van der Waals surface area (Å²) < 4.78 is 5.83. The van der Waals surface area contributed by atoms with Crippen LogP contribution >= 0.6 is 0 Å². The van der Waals surface area contributed by atoms with Gasteiger partial charge in [0.25, 0.3) is 0 Å². The van der Waals surface area contributed by atoms with E-state index in [0.29, 0.717) is 12.5 Å². The molecule has 2 unspecified atom stereocenters. The van der Waals surface area contributed by atoms with E-state index in [-0.39, 0.29) is 0 Å². The Hall–Kier alpha value is -1.59. The second kappa shape index (κ2) is 12.7. The molecule has 1 fully saturated rings. The number of hydrogen-bond acceptors (Lipinski definition) is 3. The Morgan fingerprint density at radius 3 is 2.81 bits per heavy atom. The lowest BCUT2D eigenvalue weighted by molar-refractivity contribution is 0.0945. The number of ether oxygens (including phenoxy) is 1. The first-order valence-corrected chi connectivity index (χ1v) is 10.6. The fraction of sp³-hybridized carbons (Fsp3) is 0.682. The van der Waals surface area contributed by atoms with E-state index < -0.39 is 0 Å². The lowest BCUT2D eigenvalue weighted by Gasteiger charge is -2.17. The van der Waals surface area contributed by atoms with Crippen LogP contribution in [0.5, 0.6) is 0 Å². The molecule has 0 spiro atoms. The van der Waals surface area contributed by atoms with Crippen molar-refractivity contribution in [3.8, 4) is 0 Å². The Labute approximate surface area is 165 Å². The molecule has 1 aliphatic rings. The molecule has 0 saturated carbocycles. The van der Waals surface area contributed by atoms with Crippen LogP contribution in [0.4, 0.5) is 0 Å². The first kappa shape index (κ1) is 21.7. The van der Waals surface area contributed by atoms with Crippen molar-refractivity contribution in [2.24, 2.45) is 16.8 Å². The molecule has 1 aliphatic heterocycles. The maximum atomic E-state index is 5.83. The molecule has 1 aromatic carbocycles. The van der Waals surface area contributed by atoms with Gasteiger partial charge in [0.1, 0.15) is 0 Å². The maximum absolute atomic E-state index is 5.83. The first-order valence-electron chi connectivity index (χ1n) is 10.6. The van der Waals surface area contributed by atoms with Crippen LogP contribution in [0.2, 0.25) is 0 Å². The van der Waals surface area contributed by atoms with Crippen molar-refractivity contribution in [3.05, 3.63) is 35.9 Å². The van der Waals surface area contributed by atoms with Gasteiger partial charge in [0.2, 0.25) is 0 Å². The van der Waals surface area contributed by atoms with Gasteiger partial charge >= 0.3 is 0 Å². The Morgan fingerprint density at radius 1 is 1.26 bits per heavy atom. The number of nitrogens with one attached hydrogen (secondary N) is 2. The summed E-state index contributed by atoms with van der Waals surface area (Å²) in [4.78, 5) is 7.33. The standard InChI is InChI=1S/C22H38N4O/c1-4-12-26-13-11-21(16-26)15-25-22(23-5-2)24-14-19(3)17-27-18-20-9-7-6-8-10-20/h6-10,19,21H,4-5,11-18H2,1-3H3,(H2,23,24,25). The van der Waals surface area contributed by atoms with E-state index in [0.717, 1.165) is 38.1 Å². The van der Waals surface area contributed by atoms with Crippen molar-refractivity contribution in [1.82, 2.24) is 15.5 Å². The van der Waals surface area contributed by atoms with Gasteiger partial charge in [-0.15, -0.1) is 0 Å². The zero-order chi connectivity index (χ0) is 19.3. The molecule has 0 aromatic heterocycles. The highest BCUT2D eigenvalue weighted by Gasteiger charge is 2.21. The summed E-state index contributed by atoms with van der Waals surface area (Å²) in [7, 11) is 0. The van der Waals surface area contributed by atoms with Crippen molar-refractivity contribution in [3.63, 3.8) is 0 Å². The molecular formula is C22H38N4O. The topological polar surface area (TPSA) is 48.9 Å². The number of rotatable bonds is 11. The zero-order valence-electron chi connectivity index (χ0n) is 17.4. The minimum Gasteiger partial charge on any atom is -0.376 e. The average Bonchev–Trinajstić information content (AvgIpc) is 3.13. The number of likely N-dealkylation sites (tertiary alicyclic amines) is 1. The quantitative estimate of drug-likeness (QED) is 0.461. The van der Waals surface area contributed by atoms with E-state index in [1.54, 1.807) is 0 Å². The molecule has 0 aliphatic carbocycles. The minimum atomic E-state index is 0.399. The fourth-order valence-corrected chi connectivity index (χ4v) is 3.43. The Bertz CT molecular complexity index is 534. The average molecular weight is 375 g/mol. The molecule has 2 N–H and O–H groups in total. The van der Waals surface area contributed by atoms with Crippen LogP contribution in [0, 0.1) is 11.8 Å². The van der Waals surface area contributed by atoms with Crippen LogP contribution in [0.1, 0.15) is 39.2 Å². The summed E-state index contributed by atoms with van der Waals surface area (Å²) in [6.07, 6.45) is 2.53. The normalized spacial score (nSPS) is 19.2. The van der Waals surface area contributed by atoms with Gasteiger partial charge in [-0.2, -0.15) is 0 Å². The van der Waals surface area contributed by atoms with Crippen LogP contribution < -0.4 is 10.6 Å². The molecular weight excluding hydrogens is 336 g/mol. The lowest BCUT2D eigenvalue weighted by atomic mass is 10.1. The van der Waals surface area contributed by atoms with Gasteiger partial charge in [-0.1, -0.05) is 44.2 Å².